The van der Waals surface area contributed by atoms with Gasteiger partial charge in [0.25, 0.3) is 10.0 Å². The van der Waals surface area contributed by atoms with Gasteiger partial charge in [-0.1, -0.05) is 43.3 Å². The molecule has 4 rings (SSSR count). The van der Waals surface area contributed by atoms with E-state index < -0.39 is 34.2 Å². The molecule has 0 saturated heterocycles. The Morgan fingerprint density at radius 3 is 2.32 bits per heavy atom. The molecule has 1 aliphatic carbocycles. The SMILES string of the molecule is CCCOCC1(c2ccc(CN(Cc3cccc(N(CC(=O)O)C(=O)OC(C)(C)C)n3)S(=O)(=O)c3ccccn3)cc2)CC1. The zero-order valence-corrected chi connectivity index (χ0v) is 26.4. The van der Waals surface area contributed by atoms with Gasteiger partial charge < -0.3 is 14.6 Å². The molecule has 0 atom stereocenters. The van der Waals surface area contributed by atoms with Crippen LogP contribution in [0.5, 0.6) is 0 Å². The summed E-state index contributed by atoms with van der Waals surface area (Å²) in [6.45, 7) is 7.69. The number of anilines is 1. The Kier molecular flexibility index (Phi) is 10.4. The number of aliphatic carboxylic acids is 1. The first-order valence-corrected chi connectivity index (χ1v) is 16.0. The highest BCUT2D eigenvalue weighted by Gasteiger charge is 2.44. The summed E-state index contributed by atoms with van der Waals surface area (Å²) in [5.41, 5.74) is 1.41. The highest BCUT2D eigenvalue weighted by atomic mass is 32.2. The van der Waals surface area contributed by atoms with Crippen LogP contribution in [0.25, 0.3) is 0 Å². The van der Waals surface area contributed by atoms with Crippen molar-refractivity contribution in [2.45, 2.75) is 76.1 Å². The Labute approximate surface area is 258 Å². The van der Waals surface area contributed by atoms with Crippen LogP contribution in [0.3, 0.4) is 0 Å². The Balaban J connectivity index is 1.62. The molecule has 2 heterocycles. The molecule has 12 heteroatoms. The smallest absolute Gasteiger partial charge is 0.416 e. The van der Waals surface area contributed by atoms with Crippen LogP contribution in [-0.4, -0.2) is 65.2 Å². The fraction of sp³-hybridized carbons (Fsp3) is 0.438. The van der Waals surface area contributed by atoms with Crippen molar-refractivity contribution in [3.63, 3.8) is 0 Å². The van der Waals surface area contributed by atoms with Crippen LogP contribution < -0.4 is 4.90 Å². The van der Waals surface area contributed by atoms with Crippen LogP contribution in [0.1, 0.15) is 63.8 Å². The van der Waals surface area contributed by atoms with Gasteiger partial charge in [0.1, 0.15) is 18.0 Å². The van der Waals surface area contributed by atoms with Gasteiger partial charge in [0, 0.05) is 24.8 Å². The second-order valence-corrected chi connectivity index (χ2v) is 13.8. The van der Waals surface area contributed by atoms with Crippen LogP contribution in [0.4, 0.5) is 10.6 Å². The maximum Gasteiger partial charge on any atom is 0.416 e. The summed E-state index contributed by atoms with van der Waals surface area (Å²) in [7, 11) is -4.07. The molecule has 1 aliphatic rings. The molecule has 0 spiro atoms. The molecular formula is C32H40N4O7S. The first-order chi connectivity index (χ1) is 20.8. The summed E-state index contributed by atoms with van der Waals surface area (Å²) < 4.78 is 40.1. The number of carbonyl (C=O) groups is 2. The summed E-state index contributed by atoms with van der Waals surface area (Å²) in [5, 5.41) is 9.34. The minimum atomic E-state index is -4.07. The van der Waals surface area contributed by atoms with Crippen molar-refractivity contribution < 1.29 is 32.6 Å². The minimum absolute atomic E-state index is 0.0216. The summed E-state index contributed by atoms with van der Waals surface area (Å²) >= 11 is 0. The standard InChI is InChI=1S/C32H40N4O7S/c1-5-19-42-23-32(16-17-32)25-14-12-24(13-15-25)20-35(44(40,41)28-11-6-7-18-33-28)21-26-9-8-10-27(34-26)36(22-29(37)38)30(39)43-31(2,3)4/h6-15,18H,5,16-17,19-23H2,1-4H3,(H,37,38). The van der Waals surface area contributed by atoms with Crippen molar-refractivity contribution in [2.24, 2.45) is 0 Å². The van der Waals surface area contributed by atoms with Gasteiger partial charge in [-0.2, -0.15) is 4.31 Å². The fourth-order valence-corrected chi connectivity index (χ4v) is 6.01. The molecule has 44 heavy (non-hydrogen) atoms. The van der Waals surface area contributed by atoms with Crippen molar-refractivity contribution in [1.82, 2.24) is 14.3 Å². The van der Waals surface area contributed by atoms with Gasteiger partial charge >= 0.3 is 12.1 Å². The Bertz CT molecular complexity index is 1540. The molecule has 236 valence electrons. The Morgan fingerprint density at radius 1 is 1.00 bits per heavy atom. The molecule has 11 nitrogen and oxygen atoms in total. The number of rotatable bonds is 14. The first-order valence-electron chi connectivity index (χ1n) is 14.6. The average molecular weight is 625 g/mol. The lowest BCUT2D eigenvalue weighted by molar-refractivity contribution is -0.135. The van der Waals surface area contributed by atoms with E-state index in [4.69, 9.17) is 9.47 Å². The van der Waals surface area contributed by atoms with E-state index in [1.807, 2.05) is 24.3 Å². The summed E-state index contributed by atoms with van der Waals surface area (Å²) in [6, 6.07) is 17.3. The number of nitrogens with zero attached hydrogens (tertiary/aromatic N) is 4. The first kappa shape index (κ1) is 33.0. The normalized spacial score (nSPS) is 14.3. The van der Waals surface area contributed by atoms with Crippen LogP contribution in [-0.2, 0) is 42.8 Å². The van der Waals surface area contributed by atoms with Gasteiger partial charge in [0.05, 0.1) is 18.8 Å². The highest BCUT2D eigenvalue weighted by molar-refractivity contribution is 7.89. The van der Waals surface area contributed by atoms with Gasteiger partial charge in [-0.3, -0.25) is 9.69 Å². The number of sulfonamides is 1. The zero-order chi connectivity index (χ0) is 32.0. The second-order valence-electron chi connectivity index (χ2n) is 11.9. The lowest BCUT2D eigenvalue weighted by Gasteiger charge is -2.26. The third-order valence-corrected chi connectivity index (χ3v) is 8.77. The van der Waals surface area contributed by atoms with E-state index in [1.165, 1.54) is 28.2 Å². The third-order valence-electron chi connectivity index (χ3n) is 7.06. The number of carboxylic acids is 1. The molecule has 0 bridgehead atoms. The van der Waals surface area contributed by atoms with E-state index in [2.05, 4.69) is 16.9 Å². The van der Waals surface area contributed by atoms with Gasteiger partial charge in [-0.05, 0) is 75.4 Å². The topological polar surface area (TPSA) is 139 Å². The second kappa shape index (κ2) is 13.8. The maximum absolute atomic E-state index is 13.8. The molecule has 0 unspecified atom stereocenters. The zero-order valence-electron chi connectivity index (χ0n) is 25.6. The molecule has 1 saturated carbocycles. The number of aromatic nitrogens is 2. The van der Waals surface area contributed by atoms with Crippen LogP contribution in [0, 0.1) is 0 Å². The van der Waals surface area contributed by atoms with Crippen molar-refractivity contribution in [1.29, 1.82) is 0 Å². The maximum atomic E-state index is 13.8. The number of amides is 1. The average Bonchev–Trinajstić information content (AvgIpc) is 3.76. The number of carboxylic acid groups (broad SMARTS) is 1. The van der Waals surface area contributed by atoms with Crippen molar-refractivity contribution in [2.75, 3.05) is 24.7 Å². The summed E-state index contributed by atoms with van der Waals surface area (Å²) in [4.78, 5) is 33.9. The molecule has 1 amide bonds. The number of hydrogen-bond acceptors (Lipinski definition) is 8. The van der Waals surface area contributed by atoms with E-state index >= 15 is 0 Å². The van der Waals surface area contributed by atoms with Crippen LogP contribution in [0.15, 0.2) is 71.9 Å². The molecule has 1 fully saturated rings. The quantitative estimate of drug-likeness (QED) is 0.241. The van der Waals surface area contributed by atoms with Crippen molar-refractivity contribution >= 4 is 27.9 Å². The minimum Gasteiger partial charge on any atom is -0.480 e. The largest absolute Gasteiger partial charge is 0.480 e. The van der Waals surface area contributed by atoms with Gasteiger partial charge in [-0.15, -0.1) is 0 Å². The number of hydrogen-bond donors (Lipinski definition) is 1. The number of benzene rings is 1. The number of ether oxygens (including phenoxy) is 2. The van der Waals surface area contributed by atoms with Gasteiger partial charge in [-0.25, -0.2) is 23.2 Å². The predicted octanol–water partition coefficient (Wildman–Crippen LogP) is 5.15. The molecule has 0 aliphatic heterocycles. The number of pyridine rings is 2. The summed E-state index contributed by atoms with van der Waals surface area (Å²) in [5.74, 6) is -1.23. The number of carbonyl (C=O) groups excluding carboxylic acids is 1. The molecule has 3 aromatic rings. The highest BCUT2D eigenvalue weighted by Crippen LogP contribution is 2.48. The van der Waals surface area contributed by atoms with Gasteiger partial charge in [0.2, 0.25) is 0 Å². The lowest BCUT2D eigenvalue weighted by atomic mass is 9.96. The third kappa shape index (κ3) is 8.61. The molecule has 0 radical (unpaired) electrons. The monoisotopic (exact) mass is 624 g/mol. The van der Waals surface area contributed by atoms with E-state index in [0.29, 0.717) is 12.3 Å². The van der Waals surface area contributed by atoms with E-state index in [-0.39, 0.29) is 29.3 Å². The van der Waals surface area contributed by atoms with E-state index in [1.54, 1.807) is 45.0 Å². The summed E-state index contributed by atoms with van der Waals surface area (Å²) in [6.07, 6.45) is 3.61. The molecule has 1 N–H and O–H groups in total. The Morgan fingerprint density at radius 2 is 1.73 bits per heavy atom. The van der Waals surface area contributed by atoms with Gasteiger partial charge in [0.15, 0.2) is 5.03 Å². The van der Waals surface area contributed by atoms with Crippen LogP contribution in [0.2, 0.25) is 0 Å². The lowest BCUT2D eigenvalue weighted by Crippen LogP contribution is -2.40. The molecule has 2 aromatic heterocycles. The fourth-order valence-electron chi connectivity index (χ4n) is 4.68. The van der Waals surface area contributed by atoms with Crippen molar-refractivity contribution in [3.05, 3.63) is 83.7 Å². The van der Waals surface area contributed by atoms with Crippen LogP contribution >= 0.6 is 0 Å². The predicted molar refractivity (Wildman–Crippen MR) is 165 cm³/mol. The Hall–Kier alpha value is -3.87. The molecule has 1 aromatic carbocycles. The van der Waals surface area contributed by atoms with E-state index in [0.717, 1.165) is 36.3 Å². The molecular weight excluding hydrogens is 584 g/mol. The van der Waals surface area contributed by atoms with E-state index in [9.17, 15) is 23.1 Å². The van der Waals surface area contributed by atoms with Crippen molar-refractivity contribution in [3.8, 4) is 0 Å².